The third kappa shape index (κ3) is 5.21. The highest BCUT2D eigenvalue weighted by Crippen LogP contribution is 2.67. The summed E-state index contributed by atoms with van der Waals surface area (Å²) in [6, 6.07) is 5.85. The molecule has 11 heteroatoms. The van der Waals surface area contributed by atoms with Gasteiger partial charge < -0.3 is 19.8 Å². The van der Waals surface area contributed by atoms with Gasteiger partial charge >= 0.3 is 12.1 Å². The minimum atomic E-state index is -4.86. The molecule has 3 saturated carbocycles. The number of hydrogen-bond donors (Lipinski definition) is 2. The van der Waals surface area contributed by atoms with Crippen LogP contribution in [-0.2, 0) is 11.0 Å². The monoisotopic (exact) mass is 577 g/mol. The van der Waals surface area contributed by atoms with Gasteiger partial charge in [-0.3, -0.25) is 14.3 Å². The predicted molar refractivity (Wildman–Crippen MR) is 143 cm³/mol. The lowest BCUT2D eigenvalue weighted by Crippen LogP contribution is -2.43. The van der Waals surface area contributed by atoms with Gasteiger partial charge in [0, 0.05) is 11.6 Å². The molecule has 8 nitrogen and oxygen atoms in total. The van der Waals surface area contributed by atoms with E-state index in [1.54, 1.807) is 31.2 Å². The molecular weight excluding hydrogens is 539 g/mol. The van der Waals surface area contributed by atoms with Crippen molar-refractivity contribution in [2.75, 3.05) is 13.7 Å². The normalized spacial score (nSPS) is 29.5. The zero-order chi connectivity index (χ0) is 29.9. The van der Waals surface area contributed by atoms with Crippen molar-refractivity contribution < 1.29 is 37.7 Å². The Kier molecular flexibility index (Phi) is 7.41. The first-order chi connectivity index (χ1) is 19.2. The first kappa shape index (κ1) is 29.4. The maximum Gasteiger partial charge on any atom is 0.433 e. The zero-order valence-electron chi connectivity index (χ0n) is 23.8. The highest BCUT2D eigenvalue weighted by atomic mass is 19.4. The van der Waals surface area contributed by atoms with Crippen molar-refractivity contribution >= 4 is 11.9 Å². The minimum Gasteiger partial charge on any atom is -0.496 e. The number of nitrogens with zero attached hydrogens (tertiary/aromatic N) is 3. The highest BCUT2D eigenvalue weighted by molar-refractivity contribution is 5.95. The first-order valence-electron chi connectivity index (χ1n) is 14.2. The zero-order valence-corrected chi connectivity index (χ0v) is 23.8. The molecule has 3 unspecified atom stereocenters. The number of aliphatic hydroxyl groups is 1. The molecule has 3 aliphatic rings. The Labute approximate surface area is 237 Å². The van der Waals surface area contributed by atoms with E-state index in [2.05, 4.69) is 18.9 Å². The van der Waals surface area contributed by atoms with Crippen LogP contribution in [0.5, 0.6) is 5.75 Å². The van der Waals surface area contributed by atoms with Gasteiger partial charge in [0.15, 0.2) is 5.69 Å². The number of fused-ring (bicyclic) bond motifs is 1. The molecule has 0 spiro atoms. The van der Waals surface area contributed by atoms with Gasteiger partial charge in [0.2, 0.25) is 0 Å². The molecule has 1 aromatic heterocycles. The number of methoxy groups -OCH3 is 1. The summed E-state index contributed by atoms with van der Waals surface area (Å²) in [6.45, 7) is 5.75. The molecule has 0 aliphatic heterocycles. The number of para-hydroxylation sites is 1. The second-order valence-corrected chi connectivity index (χ2v) is 12.8. The van der Waals surface area contributed by atoms with Gasteiger partial charge in [0.1, 0.15) is 11.9 Å². The van der Waals surface area contributed by atoms with Crippen LogP contribution in [0.3, 0.4) is 0 Å². The van der Waals surface area contributed by atoms with E-state index < -0.39 is 46.9 Å². The van der Waals surface area contributed by atoms with Crippen molar-refractivity contribution in [3.05, 3.63) is 47.3 Å². The first-order valence-corrected chi connectivity index (χ1v) is 14.2. The number of hydrogen-bond acceptors (Lipinski definition) is 5. The maximum atomic E-state index is 14.6. The molecule has 41 heavy (non-hydrogen) atoms. The number of carbonyl (C=O) groups excluding carboxylic acids is 1. The lowest BCUT2D eigenvalue weighted by Gasteiger charge is -2.35. The molecule has 2 N–H and O–H groups in total. The summed E-state index contributed by atoms with van der Waals surface area (Å²) < 4.78 is 50.0. The molecule has 5 rings (SSSR count). The molecule has 3 atom stereocenters. The Bertz CT molecular complexity index is 1300. The Balaban J connectivity index is 1.46. The molecule has 1 amide bonds. The molecule has 2 aromatic rings. The van der Waals surface area contributed by atoms with Crippen LogP contribution in [0.15, 0.2) is 30.5 Å². The van der Waals surface area contributed by atoms with Crippen molar-refractivity contribution in [3.63, 3.8) is 0 Å². The van der Waals surface area contributed by atoms with E-state index in [0.29, 0.717) is 36.0 Å². The smallest absolute Gasteiger partial charge is 0.433 e. The standard InChI is InChI=1S/C30H38F3N3O5/c1-28(2)21-13-18(14-22(21)28)35(16-23(37)19-7-5-6-8-24(19)41-4)26(38)20-15-34-36(25(20)30(31,32)33)17-9-11-29(3,12-10-17)27(39)40/h5-8,15,17-18,21-23,37H,9-14,16H2,1-4H3,(H,39,40). The number of ether oxygens (including phenoxy) is 1. The number of halogens is 3. The van der Waals surface area contributed by atoms with E-state index in [-0.39, 0.29) is 43.7 Å². The van der Waals surface area contributed by atoms with Crippen molar-refractivity contribution in [2.24, 2.45) is 22.7 Å². The van der Waals surface area contributed by atoms with Gasteiger partial charge in [-0.25, -0.2) is 0 Å². The van der Waals surface area contributed by atoms with Gasteiger partial charge in [0.25, 0.3) is 5.91 Å². The Morgan fingerprint density at radius 1 is 1.15 bits per heavy atom. The summed E-state index contributed by atoms with van der Waals surface area (Å²) >= 11 is 0. The van der Waals surface area contributed by atoms with Crippen molar-refractivity contribution in [2.45, 2.75) is 83.7 Å². The largest absolute Gasteiger partial charge is 0.496 e. The number of benzene rings is 1. The molecule has 0 saturated heterocycles. The lowest BCUT2D eigenvalue weighted by molar-refractivity contribution is -0.152. The molecule has 1 aromatic carbocycles. The molecule has 3 fully saturated rings. The minimum absolute atomic E-state index is 0.139. The van der Waals surface area contributed by atoms with Crippen LogP contribution in [0.2, 0.25) is 0 Å². The van der Waals surface area contributed by atoms with Crippen LogP contribution < -0.4 is 4.74 Å². The van der Waals surface area contributed by atoms with Crippen molar-refractivity contribution in [1.29, 1.82) is 0 Å². The average molecular weight is 578 g/mol. The van der Waals surface area contributed by atoms with Gasteiger partial charge in [-0.1, -0.05) is 32.0 Å². The van der Waals surface area contributed by atoms with Gasteiger partial charge in [-0.05, 0) is 68.8 Å². The second kappa shape index (κ2) is 10.3. The number of carbonyl (C=O) groups is 2. The van der Waals surface area contributed by atoms with E-state index in [0.717, 1.165) is 10.9 Å². The van der Waals surface area contributed by atoms with Gasteiger partial charge in [-0.15, -0.1) is 0 Å². The molecule has 0 bridgehead atoms. The number of rotatable bonds is 8. The second-order valence-electron chi connectivity index (χ2n) is 12.8. The summed E-state index contributed by atoms with van der Waals surface area (Å²) in [5.74, 6) is -0.598. The number of amides is 1. The number of aliphatic hydroxyl groups excluding tert-OH is 1. The molecule has 0 radical (unpaired) electrons. The van der Waals surface area contributed by atoms with Crippen LogP contribution in [0.1, 0.15) is 93.1 Å². The summed E-state index contributed by atoms with van der Waals surface area (Å²) in [6.07, 6.45) is -2.88. The fourth-order valence-corrected chi connectivity index (χ4v) is 7.29. The highest BCUT2D eigenvalue weighted by Gasteiger charge is 2.63. The average Bonchev–Trinajstić information content (AvgIpc) is 3.35. The molecule has 224 valence electrons. The van der Waals surface area contributed by atoms with Crippen LogP contribution in [0.25, 0.3) is 0 Å². The van der Waals surface area contributed by atoms with Crippen LogP contribution in [0.4, 0.5) is 13.2 Å². The van der Waals surface area contributed by atoms with Gasteiger partial charge in [-0.2, -0.15) is 18.3 Å². The number of carboxylic acids is 1. The van der Waals surface area contributed by atoms with Crippen LogP contribution >= 0.6 is 0 Å². The summed E-state index contributed by atoms with van der Waals surface area (Å²) in [7, 11) is 1.47. The van der Waals surface area contributed by atoms with Crippen molar-refractivity contribution in [1.82, 2.24) is 14.7 Å². The van der Waals surface area contributed by atoms with Crippen LogP contribution in [-0.4, -0.2) is 56.5 Å². The Morgan fingerprint density at radius 2 is 1.76 bits per heavy atom. The number of alkyl halides is 3. The van der Waals surface area contributed by atoms with E-state index in [9.17, 15) is 33.0 Å². The number of carboxylic acid groups (broad SMARTS) is 1. The Morgan fingerprint density at radius 3 is 2.32 bits per heavy atom. The maximum absolute atomic E-state index is 14.6. The molecule has 3 aliphatic carbocycles. The SMILES string of the molecule is COc1ccccc1C(O)CN(C(=O)c1cnn(C2CCC(C)(C(=O)O)CC2)c1C(F)(F)F)C1CC2C(C1)C2(C)C. The summed E-state index contributed by atoms with van der Waals surface area (Å²) in [5.41, 5.74) is -2.07. The topological polar surface area (TPSA) is 105 Å². The molecule has 1 heterocycles. The van der Waals surface area contributed by atoms with Crippen molar-refractivity contribution in [3.8, 4) is 5.75 Å². The van der Waals surface area contributed by atoms with E-state index in [1.807, 2.05) is 0 Å². The fourth-order valence-electron chi connectivity index (χ4n) is 7.29. The van der Waals surface area contributed by atoms with Crippen LogP contribution in [0, 0.1) is 22.7 Å². The quantitative estimate of drug-likeness (QED) is 0.416. The fraction of sp³-hybridized carbons (Fsp3) is 0.633. The third-order valence-electron chi connectivity index (χ3n) is 10.1. The van der Waals surface area contributed by atoms with Gasteiger partial charge in [0.05, 0.1) is 36.9 Å². The van der Waals surface area contributed by atoms with E-state index >= 15 is 0 Å². The number of aromatic nitrogens is 2. The van der Waals surface area contributed by atoms with E-state index in [1.165, 1.54) is 12.0 Å². The molecular formula is C30H38F3N3O5. The summed E-state index contributed by atoms with van der Waals surface area (Å²) in [5, 5.41) is 24.8. The Hall–Kier alpha value is -3.08. The summed E-state index contributed by atoms with van der Waals surface area (Å²) in [4.78, 5) is 27.1. The third-order valence-corrected chi connectivity index (χ3v) is 10.1. The van der Waals surface area contributed by atoms with E-state index in [4.69, 9.17) is 4.74 Å². The lowest BCUT2D eigenvalue weighted by atomic mass is 9.74. The number of aliphatic carboxylic acids is 1. The predicted octanol–water partition coefficient (Wildman–Crippen LogP) is 5.73.